The molecule has 0 radical (unpaired) electrons. The van der Waals surface area contributed by atoms with Crippen LogP contribution in [0.5, 0.6) is 17.6 Å². The molecule has 0 saturated heterocycles. The Morgan fingerprint density at radius 2 is 1.94 bits per heavy atom. The zero-order valence-corrected chi connectivity index (χ0v) is 11.8. The van der Waals surface area contributed by atoms with Gasteiger partial charge in [-0.2, -0.15) is 4.98 Å². The largest absolute Gasteiger partial charge is 0.480 e. The van der Waals surface area contributed by atoms with E-state index in [1.807, 2.05) is 24.3 Å². The number of halogens is 1. The van der Waals surface area contributed by atoms with E-state index in [0.29, 0.717) is 16.1 Å². The number of hydrogen-bond donors (Lipinski definition) is 0. The van der Waals surface area contributed by atoms with Crippen LogP contribution in [0.3, 0.4) is 0 Å². The Morgan fingerprint density at radius 3 is 2.56 bits per heavy atom. The van der Waals surface area contributed by atoms with Crippen LogP contribution in [0.25, 0.3) is 0 Å². The molecule has 18 heavy (non-hydrogen) atoms. The first-order valence-electron chi connectivity index (χ1n) is 5.56. The molecule has 0 N–H and O–H groups in total. The molecule has 94 valence electrons. The molecule has 0 aliphatic heterocycles. The van der Waals surface area contributed by atoms with Crippen molar-refractivity contribution in [2.75, 3.05) is 7.11 Å². The molecule has 0 unspecified atom stereocenters. The number of aromatic nitrogens is 2. The van der Waals surface area contributed by atoms with E-state index in [2.05, 4.69) is 32.8 Å². The van der Waals surface area contributed by atoms with Gasteiger partial charge in [0.2, 0.25) is 5.88 Å². The third kappa shape index (κ3) is 2.98. The van der Waals surface area contributed by atoms with Gasteiger partial charge in [0.15, 0.2) is 0 Å². The molecule has 0 bridgehead atoms. The Balaban J connectivity index is 2.17. The summed E-state index contributed by atoms with van der Waals surface area (Å²) in [6, 6.07) is 8.10. The van der Waals surface area contributed by atoms with Crippen LogP contribution in [0.15, 0.2) is 34.9 Å². The minimum absolute atomic E-state index is 0.263. The highest BCUT2D eigenvalue weighted by atomic mass is 79.9. The van der Waals surface area contributed by atoms with Crippen molar-refractivity contribution >= 4 is 15.9 Å². The molecular weight excluding hydrogens is 296 g/mol. The van der Waals surface area contributed by atoms with Crippen LogP contribution in [0, 0.1) is 0 Å². The van der Waals surface area contributed by atoms with Crippen molar-refractivity contribution in [1.29, 1.82) is 0 Å². The monoisotopic (exact) mass is 308 g/mol. The lowest BCUT2D eigenvalue weighted by molar-refractivity contribution is 0.373. The minimum atomic E-state index is 0.263. The van der Waals surface area contributed by atoms with Crippen LogP contribution in [0.1, 0.15) is 12.5 Å². The van der Waals surface area contributed by atoms with Crippen molar-refractivity contribution in [2.24, 2.45) is 0 Å². The predicted molar refractivity (Wildman–Crippen MR) is 72.2 cm³/mol. The van der Waals surface area contributed by atoms with Crippen molar-refractivity contribution in [1.82, 2.24) is 9.97 Å². The van der Waals surface area contributed by atoms with Crippen molar-refractivity contribution in [2.45, 2.75) is 13.3 Å². The van der Waals surface area contributed by atoms with Gasteiger partial charge in [0, 0.05) is 0 Å². The quantitative estimate of drug-likeness (QED) is 0.865. The van der Waals surface area contributed by atoms with E-state index in [0.717, 1.165) is 6.42 Å². The van der Waals surface area contributed by atoms with E-state index in [9.17, 15) is 0 Å². The summed E-state index contributed by atoms with van der Waals surface area (Å²) in [4.78, 5) is 8.19. The molecule has 1 aromatic carbocycles. The fourth-order valence-corrected chi connectivity index (χ4v) is 1.78. The van der Waals surface area contributed by atoms with Gasteiger partial charge in [0.1, 0.15) is 5.75 Å². The van der Waals surface area contributed by atoms with E-state index < -0.39 is 0 Å². The summed E-state index contributed by atoms with van der Waals surface area (Å²) in [7, 11) is 1.55. The summed E-state index contributed by atoms with van der Waals surface area (Å²) < 4.78 is 11.3. The Labute approximate surface area is 114 Å². The number of rotatable bonds is 4. The van der Waals surface area contributed by atoms with Crippen LogP contribution >= 0.6 is 15.9 Å². The molecule has 0 amide bonds. The third-order valence-electron chi connectivity index (χ3n) is 2.42. The summed E-state index contributed by atoms with van der Waals surface area (Å²) >= 11 is 3.29. The van der Waals surface area contributed by atoms with E-state index in [1.165, 1.54) is 5.56 Å². The summed E-state index contributed by atoms with van der Waals surface area (Å²) in [5.74, 6) is 1.15. The van der Waals surface area contributed by atoms with Crippen molar-refractivity contribution in [3.63, 3.8) is 0 Å². The van der Waals surface area contributed by atoms with E-state index in [4.69, 9.17) is 9.47 Å². The van der Waals surface area contributed by atoms with Gasteiger partial charge in [-0.25, -0.2) is 4.98 Å². The number of aryl methyl sites for hydroxylation is 1. The molecule has 1 aromatic heterocycles. The number of ether oxygens (including phenoxy) is 2. The summed E-state index contributed by atoms with van der Waals surface area (Å²) in [6.45, 7) is 2.11. The van der Waals surface area contributed by atoms with Gasteiger partial charge in [0.25, 0.3) is 0 Å². The Kier molecular flexibility index (Phi) is 4.15. The van der Waals surface area contributed by atoms with Gasteiger partial charge in [-0.15, -0.1) is 0 Å². The van der Waals surface area contributed by atoms with Gasteiger partial charge in [0.05, 0.1) is 17.8 Å². The van der Waals surface area contributed by atoms with Crippen LogP contribution in [0.4, 0.5) is 0 Å². The molecule has 0 spiro atoms. The van der Waals surface area contributed by atoms with Gasteiger partial charge in [-0.1, -0.05) is 19.1 Å². The molecular formula is C13H13BrN2O2. The van der Waals surface area contributed by atoms with Crippen molar-refractivity contribution in [3.8, 4) is 17.6 Å². The number of methoxy groups -OCH3 is 1. The van der Waals surface area contributed by atoms with Gasteiger partial charge in [-0.05, 0) is 40.0 Å². The second-order valence-corrected chi connectivity index (χ2v) is 4.46. The normalized spacial score (nSPS) is 10.2. The van der Waals surface area contributed by atoms with Gasteiger partial charge < -0.3 is 9.47 Å². The average Bonchev–Trinajstić information content (AvgIpc) is 2.42. The number of benzene rings is 1. The van der Waals surface area contributed by atoms with Crippen LogP contribution in [-0.4, -0.2) is 17.1 Å². The highest BCUT2D eigenvalue weighted by Crippen LogP contribution is 2.25. The van der Waals surface area contributed by atoms with Crippen LogP contribution in [-0.2, 0) is 6.42 Å². The van der Waals surface area contributed by atoms with Crippen molar-refractivity contribution in [3.05, 3.63) is 40.5 Å². The molecule has 4 nitrogen and oxygen atoms in total. The van der Waals surface area contributed by atoms with Gasteiger partial charge >= 0.3 is 6.01 Å². The lowest BCUT2D eigenvalue weighted by atomic mass is 10.2. The zero-order valence-electron chi connectivity index (χ0n) is 10.2. The molecule has 2 aromatic rings. The smallest absolute Gasteiger partial charge is 0.325 e. The lowest BCUT2D eigenvalue weighted by Gasteiger charge is -2.06. The first kappa shape index (κ1) is 12.8. The third-order valence-corrected chi connectivity index (χ3v) is 2.97. The average molecular weight is 309 g/mol. The molecule has 0 aliphatic carbocycles. The minimum Gasteiger partial charge on any atom is -0.480 e. The second kappa shape index (κ2) is 5.82. The summed E-state index contributed by atoms with van der Waals surface area (Å²) in [5, 5.41) is 0. The second-order valence-electron chi connectivity index (χ2n) is 3.61. The summed E-state index contributed by atoms with van der Waals surface area (Å²) in [6.07, 6.45) is 2.60. The predicted octanol–water partition coefficient (Wildman–Crippen LogP) is 3.60. The molecule has 0 fully saturated rings. The van der Waals surface area contributed by atoms with Gasteiger partial charge in [-0.3, -0.25) is 0 Å². The molecule has 0 atom stereocenters. The topological polar surface area (TPSA) is 44.2 Å². The number of nitrogens with zero attached hydrogens (tertiary/aromatic N) is 2. The Bertz CT molecular complexity index is 529. The standard InChI is InChI=1S/C13H13BrN2O2/c1-3-9-4-6-10(7-5-9)18-13-15-8-11(14)12(16-13)17-2/h4-8H,3H2,1-2H3. The van der Waals surface area contributed by atoms with E-state index in [-0.39, 0.29) is 6.01 Å². The fraction of sp³-hybridized carbons (Fsp3) is 0.231. The van der Waals surface area contributed by atoms with Crippen LogP contribution in [0.2, 0.25) is 0 Å². The molecule has 1 heterocycles. The maximum absolute atomic E-state index is 5.55. The molecule has 0 saturated carbocycles. The SMILES string of the molecule is CCc1ccc(Oc2ncc(Br)c(OC)n2)cc1. The van der Waals surface area contributed by atoms with Crippen LogP contribution < -0.4 is 9.47 Å². The molecule has 0 aliphatic rings. The highest BCUT2D eigenvalue weighted by Gasteiger charge is 2.06. The molecule has 2 rings (SSSR count). The van der Waals surface area contributed by atoms with E-state index in [1.54, 1.807) is 13.3 Å². The van der Waals surface area contributed by atoms with E-state index >= 15 is 0 Å². The fourth-order valence-electron chi connectivity index (χ4n) is 1.43. The first-order valence-corrected chi connectivity index (χ1v) is 6.35. The maximum Gasteiger partial charge on any atom is 0.325 e. The number of hydrogen-bond acceptors (Lipinski definition) is 4. The zero-order chi connectivity index (χ0) is 13.0. The highest BCUT2D eigenvalue weighted by molar-refractivity contribution is 9.10. The first-order chi connectivity index (χ1) is 8.72. The maximum atomic E-state index is 5.55. The summed E-state index contributed by atoms with van der Waals surface area (Å²) in [5.41, 5.74) is 1.26. The Morgan fingerprint density at radius 1 is 1.22 bits per heavy atom. The molecule has 5 heteroatoms. The lowest BCUT2D eigenvalue weighted by Crippen LogP contribution is -1.95. The van der Waals surface area contributed by atoms with Crippen molar-refractivity contribution < 1.29 is 9.47 Å². The Hall–Kier alpha value is -1.62.